The Balaban J connectivity index is -0.000000179. The van der Waals surface area contributed by atoms with Crippen LogP contribution in [0.3, 0.4) is 0 Å². The van der Waals surface area contributed by atoms with Gasteiger partial charge in [-0.2, -0.15) is 88.4 Å². The Kier molecular flexibility index (Phi) is 168. The van der Waals surface area contributed by atoms with Gasteiger partial charge in [0.2, 0.25) is 0 Å². The van der Waals surface area contributed by atoms with E-state index in [0.717, 1.165) is 147 Å². The van der Waals surface area contributed by atoms with Crippen LogP contribution < -0.4 is 35.7 Å². The average molecular weight is 2530 g/mol. The molecule has 0 aliphatic carbocycles. The molecule has 0 fully saturated rings. The molecule has 14 nitrogen and oxygen atoms in total. The number of hydrogen-bond donors (Lipinski definition) is 7. The van der Waals surface area contributed by atoms with Gasteiger partial charge in [0.1, 0.15) is 0 Å². The van der Waals surface area contributed by atoms with E-state index >= 15 is 0 Å². The first-order chi connectivity index (χ1) is 70.8. The van der Waals surface area contributed by atoms with E-state index in [0.29, 0.717) is 52.1 Å². The average Bonchev–Trinajstić information content (AvgIpc) is 0.939. The molecule has 0 saturated carbocycles. The summed E-state index contributed by atoms with van der Waals surface area (Å²) in [5.74, 6) is -3.66. The molecule has 0 N–H and O–H groups in total. The fourth-order valence-electron chi connectivity index (χ4n) is 16.7. The number of carboxylic acids is 7. The molecule has 0 radical (unpaired) electrons. The zero-order valence-corrected chi connectivity index (χ0v) is 114. The van der Waals surface area contributed by atoms with Crippen LogP contribution in [0, 0.1) is 65.1 Å². The zero-order valence-electron chi connectivity index (χ0n) is 99.1. The van der Waals surface area contributed by atoms with Gasteiger partial charge in [-0.25, -0.2) is 0 Å². The molecule has 0 heterocycles. The SMILES string of the molecule is CC(C)CCCCCCCCCCC(CS)C(=O)[O-].CC(C)CCCCCCCCCCC(CS)C(=O)[O-].CCCCC(CC)CC(CS)C(=O)[O-].CCCCC(CC)CC(CS)C(=O)[O-].CCCCCCCCCCCCC(CS)C(=O)[O-].CCCCCCCCCCCCC(CS)C(=O)[O-].CCCCCCCCCCCCC(CS)C(=O)[O-].CCCCCCC[CH2][Sn+3].CCC[CH2][Sn+2][CH2]CCC.CCC[CH2][Sn+2][CH2]CCC. The molecule has 0 saturated heterocycles. The first kappa shape index (κ1) is 168. The van der Waals surface area contributed by atoms with Gasteiger partial charge in [-0.3, -0.25) is 0 Å². The van der Waals surface area contributed by atoms with Crippen molar-refractivity contribution in [3.8, 4) is 0 Å². The summed E-state index contributed by atoms with van der Waals surface area (Å²) in [6, 6.07) is 0. The van der Waals surface area contributed by atoms with E-state index < -0.39 is 41.8 Å². The topological polar surface area (TPSA) is 281 Å². The number of carbonyl (C=O) groups is 7. The van der Waals surface area contributed by atoms with Gasteiger partial charge >= 0.3 is 212 Å². The van der Waals surface area contributed by atoms with Crippen molar-refractivity contribution >= 4 is 195 Å². The molecule has 0 aromatic rings. The Morgan fingerprint density at radius 2 is 0.333 bits per heavy atom. The van der Waals surface area contributed by atoms with E-state index in [1.54, 1.807) is 40.3 Å². The molecule has 0 aromatic carbocycles. The van der Waals surface area contributed by atoms with Gasteiger partial charge in [0.25, 0.3) is 0 Å². The van der Waals surface area contributed by atoms with Crippen LogP contribution in [0.25, 0.3) is 0 Å². The van der Waals surface area contributed by atoms with Crippen molar-refractivity contribution in [2.45, 2.75) is 627 Å². The summed E-state index contributed by atoms with van der Waals surface area (Å²) in [7, 11) is 0. The van der Waals surface area contributed by atoms with Crippen LogP contribution in [0.5, 0.6) is 0 Å². The van der Waals surface area contributed by atoms with E-state index in [1.807, 2.05) is 0 Å². The van der Waals surface area contributed by atoms with Gasteiger partial charge < -0.3 is 69.3 Å². The van der Waals surface area contributed by atoms with Crippen molar-refractivity contribution < 1.29 is 69.3 Å². The van der Waals surface area contributed by atoms with E-state index in [-0.39, 0.29) is 83.7 Å². The Labute approximate surface area is 987 Å². The zero-order chi connectivity index (χ0) is 113. The number of unbranched alkanes of at least 4 members (excludes halogenated alkanes) is 52. The molecule has 147 heavy (non-hydrogen) atoms. The molecule has 0 spiro atoms. The van der Waals surface area contributed by atoms with Crippen molar-refractivity contribution in [1.82, 2.24) is 0 Å². The molecule has 9 unspecified atom stereocenters. The molecule has 0 amide bonds. The number of carbonyl (C=O) groups excluding carboxylic acids is 7. The summed E-state index contributed by atoms with van der Waals surface area (Å²) in [6.45, 7) is 35.8. The van der Waals surface area contributed by atoms with Crippen molar-refractivity contribution in [2.24, 2.45) is 65.1 Å². The Morgan fingerprint density at radius 1 is 0.190 bits per heavy atom. The fraction of sp³-hybridized carbons (Fsp3) is 0.943. The summed E-state index contributed by atoms with van der Waals surface area (Å²) in [4.78, 5) is 74.7. The summed E-state index contributed by atoms with van der Waals surface area (Å²) < 4.78 is 7.96. The van der Waals surface area contributed by atoms with Crippen molar-refractivity contribution in [3.05, 3.63) is 0 Å². The third-order valence-electron chi connectivity index (χ3n) is 27.4. The Hall–Kier alpha value is 1.14. The number of carboxylic acid groups (broad SMARTS) is 7. The number of rotatable bonds is 99. The van der Waals surface area contributed by atoms with Crippen LogP contribution in [0.15, 0.2) is 0 Å². The molecular formula is C123H244O14S7Sn3. The van der Waals surface area contributed by atoms with E-state index in [4.69, 9.17) is 0 Å². The first-order valence-electron chi connectivity index (χ1n) is 61.6. The van der Waals surface area contributed by atoms with Gasteiger partial charge in [0, 0.05) is 83.2 Å². The third-order valence-corrected chi connectivity index (χ3v) is 39.6. The molecule has 9 atom stereocenters. The number of hydrogen-bond acceptors (Lipinski definition) is 21. The number of aliphatic carboxylic acids is 7. The maximum atomic E-state index is 10.7. The van der Waals surface area contributed by atoms with Crippen LogP contribution in [0.4, 0.5) is 0 Å². The van der Waals surface area contributed by atoms with Crippen molar-refractivity contribution in [2.75, 3.05) is 40.3 Å². The molecule has 0 aliphatic heterocycles. The first-order valence-corrected chi connectivity index (χ1v) is 76.2. The molecular weight excluding hydrogens is 2280 g/mol. The van der Waals surface area contributed by atoms with Gasteiger partial charge in [0.15, 0.2) is 0 Å². The van der Waals surface area contributed by atoms with Gasteiger partial charge in [0.05, 0.1) is 0 Å². The Morgan fingerprint density at radius 3 is 0.463 bits per heavy atom. The summed E-state index contributed by atoms with van der Waals surface area (Å²) in [5.41, 5.74) is 0. The second kappa shape index (κ2) is 147. The minimum absolute atomic E-state index is 0.149. The molecule has 874 valence electrons. The summed E-state index contributed by atoms with van der Waals surface area (Å²) in [5, 5.41) is 74.7. The van der Waals surface area contributed by atoms with Crippen LogP contribution in [-0.4, -0.2) is 147 Å². The quantitative estimate of drug-likeness (QED) is 0.0169. The molecule has 0 aromatic heterocycles. The molecule has 0 aliphatic rings. The minimum atomic E-state index is -0.949. The monoisotopic (exact) mass is 2530 g/mol. The molecule has 0 bridgehead atoms. The van der Waals surface area contributed by atoms with Crippen LogP contribution >= 0.6 is 88.4 Å². The normalized spacial score (nSPS) is 12.5. The Bertz CT molecular complexity index is 2310. The molecule has 24 heteroatoms. The van der Waals surface area contributed by atoms with Gasteiger partial charge in [-0.15, -0.1) is 0 Å². The van der Waals surface area contributed by atoms with Crippen molar-refractivity contribution in [3.63, 3.8) is 0 Å². The number of thiol groups is 7. The van der Waals surface area contributed by atoms with Gasteiger partial charge in [-0.05, 0) is 109 Å². The maximum absolute atomic E-state index is 10.7. The third kappa shape index (κ3) is 151. The van der Waals surface area contributed by atoms with Crippen LogP contribution in [-0.2, 0) is 33.6 Å². The van der Waals surface area contributed by atoms with E-state index in [9.17, 15) is 69.3 Å². The van der Waals surface area contributed by atoms with Crippen LogP contribution in [0.1, 0.15) is 605 Å². The predicted octanol–water partition coefficient (Wildman–Crippen LogP) is 31.4. The van der Waals surface area contributed by atoms with Gasteiger partial charge in [-0.1, -0.05) is 436 Å². The molecule has 0 rings (SSSR count). The van der Waals surface area contributed by atoms with Crippen molar-refractivity contribution in [1.29, 1.82) is 0 Å². The van der Waals surface area contributed by atoms with E-state index in [2.05, 4.69) is 199 Å². The summed E-state index contributed by atoms with van der Waals surface area (Å²) >= 11 is 30.3. The fourth-order valence-corrected chi connectivity index (χ4v) is 28.0. The second-order valence-corrected chi connectivity index (χ2v) is 55.2. The predicted molar refractivity (Wildman–Crippen MR) is 658 cm³/mol. The summed E-state index contributed by atoms with van der Waals surface area (Å²) in [6.07, 6.45) is 95.8. The van der Waals surface area contributed by atoms with Crippen LogP contribution in [0.2, 0.25) is 22.2 Å². The second-order valence-electron chi connectivity index (χ2n) is 42.6. The van der Waals surface area contributed by atoms with E-state index in [1.165, 1.54) is 364 Å². The standard InChI is InChI=1S/2C16H32O2S.3C15H30O2S.2C11H22O2S.C8H17.4C4H9.3Sn/c2*1-14(2)11-9-7-5-3-4-6-8-10-12-15(13-19)16(17)18;3*1-2-3-4-5-6-7-8-9-10-11-12-14(13-18)15(16)17;2*1-3-5-6-9(4-2)7-10(8-14)11(12)13;1-3-5-7-8-6-4-2;4*1-3-4-2;;;/h2*14-15,19H,3-13H2,1-2H3,(H,17,18);3*14,18H,2-13H2,1H3,(H,16,17);2*9-10,14H,3-8H2,1-2H3,(H,12,13);1,3-8H2,2H3;4*1,3-4H2,2H3;;;/q;;;;;;;;;;;;2*+2;+3/p-7.